The van der Waals surface area contributed by atoms with Gasteiger partial charge >= 0.3 is 0 Å². The fraction of sp³-hybridized carbons (Fsp3) is 0.458. The number of nitrogens with zero attached hydrogens (tertiary/aromatic N) is 1. The number of hydrogen-bond donors (Lipinski definition) is 1. The number of anilines is 1. The van der Waals surface area contributed by atoms with Crippen LogP contribution < -0.4 is 5.32 Å². The topological polar surface area (TPSA) is 66.5 Å². The van der Waals surface area contributed by atoms with Crippen LogP contribution >= 0.6 is 0 Å². The van der Waals surface area contributed by atoms with E-state index in [0.29, 0.717) is 12.2 Å². The minimum Gasteiger partial charge on any atom is -0.326 e. The van der Waals surface area contributed by atoms with Gasteiger partial charge in [-0.05, 0) is 53.5 Å². The number of carbonyl (C=O) groups excluding carboxylic acids is 1. The highest BCUT2D eigenvalue weighted by Gasteiger charge is 2.67. The third-order valence-electron chi connectivity index (χ3n) is 7.03. The fourth-order valence-electron chi connectivity index (χ4n) is 4.88. The average molecular weight is 429 g/mol. The number of carbonyl (C=O) groups is 1. The second kappa shape index (κ2) is 7.82. The smallest absolute Gasteiger partial charge is 0.243 e. The van der Waals surface area contributed by atoms with Gasteiger partial charge in [0.05, 0.1) is 4.90 Å². The molecule has 30 heavy (non-hydrogen) atoms. The standard InChI is InChI=1S/C24H32N2O3S/c1-17(22-23(3,4)24(22,5)6)26(16-19-10-8-7-9-11-19)30(28,29)21-14-12-20(13-15-21)25-18(2)27/h7-15,17,22H,16H2,1-6H3,(H,25,27)/t17-/m1/s1. The molecule has 0 spiro atoms. The number of nitrogens with one attached hydrogen (secondary N) is 1. The summed E-state index contributed by atoms with van der Waals surface area (Å²) in [7, 11) is -3.73. The molecule has 3 rings (SSSR count). The van der Waals surface area contributed by atoms with Crippen LogP contribution in [0.5, 0.6) is 0 Å². The average Bonchev–Trinajstić information content (AvgIpc) is 3.08. The van der Waals surface area contributed by atoms with Crippen LogP contribution in [0.25, 0.3) is 0 Å². The first-order valence-corrected chi connectivity index (χ1v) is 11.8. The van der Waals surface area contributed by atoms with Crippen LogP contribution in [-0.4, -0.2) is 24.7 Å². The number of sulfonamides is 1. The highest BCUT2D eigenvalue weighted by molar-refractivity contribution is 7.89. The monoisotopic (exact) mass is 428 g/mol. The Morgan fingerprint density at radius 1 is 1.00 bits per heavy atom. The number of amides is 1. The minimum atomic E-state index is -3.73. The maximum absolute atomic E-state index is 13.7. The van der Waals surface area contributed by atoms with Crippen molar-refractivity contribution in [1.82, 2.24) is 4.31 Å². The van der Waals surface area contributed by atoms with Crippen molar-refractivity contribution in [2.45, 2.75) is 59.0 Å². The first kappa shape index (κ1) is 22.5. The summed E-state index contributed by atoms with van der Waals surface area (Å²) in [6.45, 7) is 12.6. The lowest BCUT2D eigenvalue weighted by molar-refractivity contribution is -0.114. The van der Waals surface area contributed by atoms with E-state index in [0.717, 1.165) is 5.56 Å². The van der Waals surface area contributed by atoms with Crippen LogP contribution in [0, 0.1) is 16.7 Å². The van der Waals surface area contributed by atoms with E-state index in [1.54, 1.807) is 28.6 Å². The van der Waals surface area contributed by atoms with E-state index in [1.807, 2.05) is 37.3 Å². The summed E-state index contributed by atoms with van der Waals surface area (Å²) in [5, 5.41) is 2.68. The Kier molecular flexibility index (Phi) is 5.87. The number of rotatable bonds is 7. The van der Waals surface area contributed by atoms with E-state index in [-0.39, 0.29) is 33.6 Å². The highest BCUT2D eigenvalue weighted by Crippen LogP contribution is 2.70. The van der Waals surface area contributed by atoms with Gasteiger partial charge in [-0.2, -0.15) is 4.31 Å². The van der Waals surface area contributed by atoms with Crippen molar-refractivity contribution in [3.05, 3.63) is 60.2 Å². The van der Waals surface area contributed by atoms with Crippen LogP contribution in [0.3, 0.4) is 0 Å². The second-order valence-corrected chi connectivity index (χ2v) is 11.3. The molecular formula is C24H32N2O3S. The molecule has 1 amide bonds. The molecule has 0 aliphatic heterocycles. The SMILES string of the molecule is CC(=O)Nc1ccc(S(=O)(=O)N(Cc2ccccc2)[C@H](C)C2C(C)(C)C2(C)C)cc1. The summed E-state index contributed by atoms with van der Waals surface area (Å²) < 4.78 is 29.0. The molecule has 1 N–H and O–H groups in total. The third kappa shape index (κ3) is 4.03. The molecule has 1 atom stereocenters. The molecule has 0 saturated heterocycles. The van der Waals surface area contributed by atoms with Crippen LogP contribution in [0.1, 0.15) is 47.1 Å². The molecule has 0 bridgehead atoms. The van der Waals surface area contributed by atoms with Gasteiger partial charge in [-0.3, -0.25) is 4.79 Å². The number of benzene rings is 2. The van der Waals surface area contributed by atoms with Crippen LogP contribution in [0.15, 0.2) is 59.5 Å². The molecule has 0 unspecified atom stereocenters. The first-order valence-electron chi connectivity index (χ1n) is 10.3. The Morgan fingerprint density at radius 3 is 2.00 bits per heavy atom. The summed E-state index contributed by atoms with van der Waals surface area (Å²) in [4.78, 5) is 11.5. The predicted octanol–water partition coefficient (Wildman–Crippen LogP) is 4.91. The van der Waals surface area contributed by atoms with Crippen molar-refractivity contribution < 1.29 is 13.2 Å². The Morgan fingerprint density at radius 2 is 1.53 bits per heavy atom. The largest absolute Gasteiger partial charge is 0.326 e. The van der Waals surface area contributed by atoms with Crippen molar-refractivity contribution >= 4 is 21.6 Å². The maximum atomic E-state index is 13.7. The molecule has 1 saturated carbocycles. The van der Waals surface area contributed by atoms with E-state index in [4.69, 9.17) is 0 Å². The van der Waals surface area contributed by atoms with Gasteiger partial charge in [-0.15, -0.1) is 0 Å². The van der Waals surface area contributed by atoms with Crippen molar-refractivity contribution in [2.24, 2.45) is 16.7 Å². The molecule has 0 aromatic heterocycles. The Bertz CT molecular complexity index is 998. The van der Waals surface area contributed by atoms with Crippen LogP contribution in [0.4, 0.5) is 5.69 Å². The van der Waals surface area contributed by atoms with Crippen LogP contribution in [-0.2, 0) is 21.4 Å². The molecule has 6 heteroatoms. The molecule has 2 aromatic rings. The molecule has 162 valence electrons. The van der Waals surface area contributed by atoms with Gasteiger partial charge in [-0.25, -0.2) is 8.42 Å². The number of hydrogen-bond acceptors (Lipinski definition) is 3. The maximum Gasteiger partial charge on any atom is 0.243 e. The van der Waals surface area contributed by atoms with E-state index in [2.05, 4.69) is 33.0 Å². The first-order chi connectivity index (χ1) is 13.9. The quantitative estimate of drug-likeness (QED) is 0.682. The van der Waals surface area contributed by atoms with E-state index in [1.165, 1.54) is 6.92 Å². The zero-order valence-electron chi connectivity index (χ0n) is 18.6. The van der Waals surface area contributed by atoms with E-state index >= 15 is 0 Å². The summed E-state index contributed by atoms with van der Waals surface area (Å²) >= 11 is 0. The lowest BCUT2D eigenvalue weighted by Crippen LogP contribution is -2.40. The lowest BCUT2D eigenvalue weighted by atomic mass is 10.0. The van der Waals surface area contributed by atoms with Gasteiger partial charge in [0.2, 0.25) is 15.9 Å². The molecule has 0 radical (unpaired) electrons. The van der Waals surface area contributed by atoms with Gasteiger partial charge in [0, 0.05) is 25.2 Å². The van der Waals surface area contributed by atoms with E-state index in [9.17, 15) is 13.2 Å². The molecule has 1 aliphatic carbocycles. The Hall–Kier alpha value is -2.18. The zero-order chi connectivity index (χ0) is 22.3. The van der Waals surface area contributed by atoms with Crippen molar-refractivity contribution in [3.8, 4) is 0 Å². The van der Waals surface area contributed by atoms with Gasteiger partial charge in [0.15, 0.2) is 0 Å². The van der Waals surface area contributed by atoms with E-state index < -0.39 is 10.0 Å². The highest BCUT2D eigenvalue weighted by atomic mass is 32.2. The molecule has 1 aliphatic rings. The normalized spacial score (nSPS) is 18.8. The molecule has 2 aromatic carbocycles. The van der Waals surface area contributed by atoms with Gasteiger partial charge in [0.1, 0.15) is 0 Å². The molecule has 5 nitrogen and oxygen atoms in total. The zero-order valence-corrected chi connectivity index (χ0v) is 19.5. The van der Waals surface area contributed by atoms with Crippen molar-refractivity contribution in [3.63, 3.8) is 0 Å². The molecular weight excluding hydrogens is 396 g/mol. The van der Waals surface area contributed by atoms with Crippen LogP contribution in [0.2, 0.25) is 0 Å². The Balaban J connectivity index is 1.97. The summed E-state index contributed by atoms with van der Waals surface area (Å²) in [5.74, 6) is 0.0604. The summed E-state index contributed by atoms with van der Waals surface area (Å²) in [6.07, 6.45) is 0. The lowest BCUT2D eigenvalue weighted by Gasteiger charge is -2.30. The minimum absolute atomic E-state index is 0.0616. The summed E-state index contributed by atoms with van der Waals surface area (Å²) in [5.41, 5.74) is 1.66. The fourth-order valence-corrected chi connectivity index (χ4v) is 6.51. The van der Waals surface area contributed by atoms with Gasteiger partial charge < -0.3 is 5.32 Å². The molecule has 0 heterocycles. The molecule has 1 fully saturated rings. The predicted molar refractivity (Wildman–Crippen MR) is 120 cm³/mol. The summed E-state index contributed by atoms with van der Waals surface area (Å²) in [6, 6.07) is 15.9. The second-order valence-electron chi connectivity index (χ2n) is 9.40. The van der Waals surface area contributed by atoms with Gasteiger partial charge in [0.25, 0.3) is 0 Å². The Labute approximate surface area is 180 Å². The third-order valence-corrected chi connectivity index (χ3v) is 8.98. The van der Waals surface area contributed by atoms with Crippen molar-refractivity contribution in [2.75, 3.05) is 5.32 Å². The van der Waals surface area contributed by atoms with Crippen molar-refractivity contribution in [1.29, 1.82) is 0 Å². The van der Waals surface area contributed by atoms with Gasteiger partial charge in [-0.1, -0.05) is 58.0 Å².